The minimum Gasteiger partial charge on any atom is -0.493 e. The summed E-state index contributed by atoms with van der Waals surface area (Å²) in [4.78, 5) is 25.5. The van der Waals surface area contributed by atoms with E-state index in [0.29, 0.717) is 24.5 Å². The zero-order chi connectivity index (χ0) is 19.4. The maximum Gasteiger partial charge on any atom is 0.245 e. The first-order chi connectivity index (χ1) is 13.0. The molecule has 1 heterocycles. The summed E-state index contributed by atoms with van der Waals surface area (Å²) in [6, 6.07) is 13.2. The molecular weight excluding hydrogens is 344 g/mol. The Kier molecular flexibility index (Phi) is 5.64. The Morgan fingerprint density at radius 3 is 2.59 bits per heavy atom. The highest BCUT2D eigenvalue weighted by Crippen LogP contribution is 2.33. The van der Waals surface area contributed by atoms with Gasteiger partial charge in [0.15, 0.2) is 11.5 Å². The number of ether oxygens (including phenoxy) is 2. The fraction of sp³-hybridized carbons (Fsp3) is 0.333. The molecule has 142 valence electrons. The second kappa shape index (κ2) is 8.12. The van der Waals surface area contributed by atoms with Crippen molar-refractivity contribution in [1.29, 1.82) is 0 Å². The number of hydrogen-bond donors (Lipinski definition) is 1. The minimum absolute atomic E-state index is 0.0881. The topological polar surface area (TPSA) is 67.9 Å². The fourth-order valence-electron chi connectivity index (χ4n) is 3.27. The van der Waals surface area contributed by atoms with Gasteiger partial charge in [0.2, 0.25) is 11.8 Å². The lowest BCUT2D eigenvalue weighted by atomic mass is 10.0. The number of likely N-dealkylation sites (N-methyl/N-ethyl adjacent to an activating group) is 1. The molecule has 0 bridgehead atoms. The predicted octanol–water partition coefficient (Wildman–Crippen LogP) is 2.08. The molecule has 1 saturated heterocycles. The molecule has 3 rings (SSSR count). The van der Waals surface area contributed by atoms with E-state index < -0.39 is 6.04 Å². The summed E-state index contributed by atoms with van der Waals surface area (Å²) in [6.45, 7) is 2.45. The van der Waals surface area contributed by atoms with Gasteiger partial charge in [0.25, 0.3) is 0 Å². The predicted molar refractivity (Wildman–Crippen MR) is 102 cm³/mol. The van der Waals surface area contributed by atoms with Crippen molar-refractivity contribution in [2.24, 2.45) is 0 Å². The first-order valence-corrected chi connectivity index (χ1v) is 8.86. The van der Waals surface area contributed by atoms with Crippen LogP contribution in [0.5, 0.6) is 11.5 Å². The number of hydrogen-bond acceptors (Lipinski definition) is 4. The molecule has 6 nitrogen and oxygen atoms in total. The average molecular weight is 368 g/mol. The van der Waals surface area contributed by atoms with Gasteiger partial charge < -0.3 is 19.7 Å². The molecule has 0 aliphatic carbocycles. The second-order valence-corrected chi connectivity index (χ2v) is 6.74. The number of carbonyl (C=O) groups is 2. The minimum atomic E-state index is -0.564. The highest BCUT2D eigenvalue weighted by Gasteiger charge is 2.30. The van der Waals surface area contributed by atoms with Gasteiger partial charge in [0.05, 0.1) is 13.7 Å². The summed E-state index contributed by atoms with van der Waals surface area (Å²) in [5, 5.41) is 2.77. The van der Waals surface area contributed by atoms with Crippen molar-refractivity contribution in [2.45, 2.75) is 26.0 Å². The van der Waals surface area contributed by atoms with Crippen LogP contribution in [0, 0.1) is 6.92 Å². The van der Waals surface area contributed by atoms with Gasteiger partial charge in [-0.3, -0.25) is 9.59 Å². The van der Waals surface area contributed by atoms with Gasteiger partial charge in [0, 0.05) is 13.5 Å². The van der Waals surface area contributed by atoms with E-state index in [9.17, 15) is 9.59 Å². The van der Waals surface area contributed by atoms with E-state index in [0.717, 1.165) is 16.7 Å². The lowest BCUT2D eigenvalue weighted by Crippen LogP contribution is -2.57. The van der Waals surface area contributed by atoms with Crippen LogP contribution in [-0.4, -0.2) is 43.5 Å². The Morgan fingerprint density at radius 1 is 1.15 bits per heavy atom. The summed E-state index contributed by atoms with van der Waals surface area (Å²) in [5.74, 6) is 1.06. The van der Waals surface area contributed by atoms with E-state index in [2.05, 4.69) is 5.32 Å². The van der Waals surface area contributed by atoms with E-state index in [1.54, 1.807) is 14.2 Å². The van der Waals surface area contributed by atoms with E-state index in [1.165, 1.54) is 4.90 Å². The van der Waals surface area contributed by atoms with Crippen LogP contribution in [0.15, 0.2) is 42.5 Å². The second-order valence-electron chi connectivity index (χ2n) is 6.74. The standard InChI is InChI=1S/C21H24N2O4/c1-14-9-16(10-17-21(25)23(2)12-19(24)22-17)11-18(20(14)26-3)27-13-15-7-5-4-6-8-15/h4-9,11,17H,10,12-13H2,1-3H3,(H,22,24). The summed E-state index contributed by atoms with van der Waals surface area (Å²) >= 11 is 0. The largest absolute Gasteiger partial charge is 0.493 e. The number of amides is 2. The molecule has 27 heavy (non-hydrogen) atoms. The van der Waals surface area contributed by atoms with Crippen molar-refractivity contribution in [1.82, 2.24) is 10.2 Å². The summed E-state index contributed by atoms with van der Waals surface area (Å²) in [6.07, 6.45) is 0.404. The Balaban J connectivity index is 1.81. The summed E-state index contributed by atoms with van der Waals surface area (Å²) in [5.41, 5.74) is 2.88. The molecule has 1 aliphatic rings. The number of nitrogens with one attached hydrogen (secondary N) is 1. The van der Waals surface area contributed by atoms with Gasteiger partial charge >= 0.3 is 0 Å². The maximum absolute atomic E-state index is 12.3. The fourth-order valence-corrected chi connectivity index (χ4v) is 3.27. The van der Waals surface area contributed by atoms with Crippen LogP contribution >= 0.6 is 0 Å². The van der Waals surface area contributed by atoms with Crippen molar-refractivity contribution in [3.8, 4) is 11.5 Å². The van der Waals surface area contributed by atoms with Crippen LogP contribution in [0.25, 0.3) is 0 Å². The molecule has 2 amide bonds. The van der Waals surface area contributed by atoms with Crippen molar-refractivity contribution < 1.29 is 19.1 Å². The van der Waals surface area contributed by atoms with E-state index in [4.69, 9.17) is 9.47 Å². The number of benzene rings is 2. The van der Waals surface area contributed by atoms with Crippen molar-refractivity contribution in [3.63, 3.8) is 0 Å². The third-order valence-electron chi connectivity index (χ3n) is 4.57. The van der Waals surface area contributed by atoms with Crippen LogP contribution < -0.4 is 14.8 Å². The number of nitrogens with zero attached hydrogens (tertiary/aromatic N) is 1. The molecule has 0 saturated carbocycles. The lowest BCUT2D eigenvalue weighted by molar-refractivity contribution is -0.142. The average Bonchev–Trinajstić information content (AvgIpc) is 2.64. The van der Waals surface area contributed by atoms with Crippen LogP contribution in [0.2, 0.25) is 0 Å². The molecule has 1 aliphatic heterocycles. The molecule has 0 spiro atoms. The molecule has 2 aromatic carbocycles. The van der Waals surface area contributed by atoms with Crippen molar-refractivity contribution >= 4 is 11.8 Å². The molecular formula is C21H24N2O4. The van der Waals surface area contributed by atoms with Crippen molar-refractivity contribution in [3.05, 3.63) is 59.2 Å². The summed E-state index contributed by atoms with van der Waals surface area (Å²) in [7, 11) is 3.25. The zero-order valence-electron chi connectivity index (χ0n) is 15.8. The first kappa shape index (κ1) is 18.8. The lowest BCUT2D eigenvalue weighted by Gasteiger charge is -2.30. The Labute approximate surface area is 159 Å². The molecule has 2 aromatic rings. The van der Waals surface area contributed by atoms with Gasteiger partial charge in [-0.15, -0.1) is 0 Å². The SMILES string of the molecule is COc1c(C)cc(CC2NC(=O)CN(C)C2=O)cc1OCc1ccccc1. The Bertz CT molecular complexity index is 836. The number of aryl methyl sites for hydroxylation is 1. The van der Waals surface area contributed by atoms with Gasteiger partial charge in [-0.2, -0.15) is 0 Å². The van der Waals surface area contributed by atoms with E-state index in [1.807, 2.05) is 49.4 Å². The van der Waals surface area contributed by atoms with Gasteiger partial charge in [-0.05, 0) is 29.7 Å². The van der Waals surface area contributed by atoms with E-state index in [-0.39, 0.29) is 18.4 Å². The number of carbonyl (C=O) groups excluding carboxylic acids is 2. The van der Waals surface area contributed by atoms with Crippen LogP contribution in [0.1, 0.15) is 16.7 Å². The quantitative estimate of drug-likeness (QED) is 0.848. The molecule has 6 heteroatoms. The van der Waals surface area contributed by atoms with Crippen LogP contribution in [0.4, 0.5) is 0 Å². The van der Waals surface area contributed by atoms with Crippen LogP contribution in [-0.2, 0) is 22.6 Å². The van der Waals surface area contributed by atoms with Gasteiger partial charge in [-0.1, -0.05) is 36.4 Å². The Morgan fingerprint density at radius 2 is 1.89 bits per heavy atom. The first-order valence-electron chi connectivity index (χ1n) is 8.86. The molecule has 0 radical (unpaired) electrons. The molecule has 1 atom stereocenters. The molecule has 1 unspecified atom stereocenters. The molecule has 1 fully saturated rings. The highest BCUT2D eigenvalue weighted by atomic mass is 16.5. The molecule has 1 N–H and O–H groups in total. The Hall–Kier alpha value is -3.02. The number of rotatable bonds is 6. The highest BCUT2D eigenvalue weighted by molar-refractivity contribution is 5.94. The van der Waals surface area contributed by atoms with E-state index >= 15 is 0 Å². The third-order valence-corrected chi connectivity index (χ3v) is 4.57. The summed E-state index contributed by atoms with van der Waals surface area (Å²) < 4.78 is 11.5. The maximum atomic E-state index is 12.3. The van der Waals surface area contributed by atoms with Gasteiger partial charge in [0.1, 0.15) is 12.6 Å². The monoisotopic (exact) mass is 368 g/mol. The van der Waals surface area contributed by atoms with Gasteiger partial charge in [-0.25, -0.2) is 0 Å². The van der Waals surface area contributed by atoms with Crippen molar-refractivity contribution in [2.75, 3.05) is 20.7 Å². The smallest absolute Gasteiger partial charge is 0.245 e. The third kappa shape index (κ3) is 4.39. The number of piperazine rings is 1. The molecule has 0 aromatic heterocycles. The zero-order valence-corrected chi connectivity index (χ0v) is 15.8. The number of methoxy groups -OCH3 is 1. The van der Waals surface area contributed by atoms with Crippen LogP contribution in [0.3, 0.4) is 0 Å². The normalized spacial score (nSPS) is 16.9.